The number of carboxylic acid groups (broad SMARTS) is 1. The van der Waals surface area contributed by atoms with Crippen LogP contribution in [0.4, 0.5) is 18.9 Å². The number of carbonyl (C=O) groups is 2. The summed E-state index contributed by atoms with van der Waals surface area (Å²) in [5, 5.41) is 16.0. The smallest absolute Gasteiger partial charge is 0.416 e. The average Bonchev–Trinajstić information content (AvgIpc) is 3.08. The summed E-state index contributed by atoms with van der Waals surface area (Å²) in [4.78, 5) is 23.8. The maximum Gasteiger partial charge on any atom is 0.416 e. The van der Waals surface area contributed by atoms with E-state index in [0.29, 0.717) is 24.1 Å². The molecule has 1 aliphatic rings. The first-order chi connectivity index (χ1) is 13.2. The largest absolute Gasteiger partial charge is 0.481 e. The third kappa shape index (κ3) is 4.71. The fourth-order valence-corrected chi connectivity index (χ4v) is 3.52. The number of anilines is 1. The van der Waals surface area contributed by atoms with Crippen molar-refractivity contribution in [3.63, 3.8) is 0 Å². The normalized spacial score (nSPS) is 20.0. The molecule has 1 aliphatic carbocycles. The molecule has 2 N–H and O–H groups in total. The molecule has 28 heavy (non-hydrogen) atoms. The van der Waals surface area contributed by atoms with Crippen molar-refractivity contribution in [1.82, 2.24) is 9.78 Å². The van der Waals surface area contributed by atoms with Gasteiger partial charge in [0, 0.05) is 6.20 Å². The van der Waals surface area contributed by atoms with Crippen LogP contribution in [-0.2, 0) is 22.3 Å². The van der Waals surface area contributed by atoms with E-state index in [9.17, 15) is 27.9 Å². The van der Waals surface area contributed by atoms with E-state index in [4.69, 9.17) is 0 Å². The number of amides is 1. The van der Waals surface area contributed by atoms with Gasteiger partial charge >= 0.3 is 12.1 Å². The van der Waals surface area contributed by atoms with Gasteiger partial charge in [-0.15, -0.1) is 0 Å². The Hall–Kier alpha value is -2.84. The highest BCUT2D eigenvalue weighted by molar-refractivity contribution is 5.95. The predicted molar refractivity (Wildman–Crippen MR) is 94.5 cm³/mol. The highest BCUT2D eigenvalue weighted by Crippen LogP contribution is 2.31. The molecule has 3 rings (SSSR count). The molecule has 1 aromatic heterocycles. The van der Waals surface area contributed by atoms with Crippen molar-refractivity contribution in [3.8, 4) is 0 Å². The first-order valence-electron chi connectivity index (χ1n) is 8.96. The Balaban J connectivity index is 1.66. The molecule has 9 heteroatoms. The van der Waals surface area contributed by atoms with Crippen molar-refractivity contribution in [2.75, 3.05) is 5.32 Å². The molecule has 2 aromatic rings. The maximum atomic E-state index is 12.8. The molecule has 0 saturated heterocycles. The summed E-state index contributed by atoms with van der Waals surface area (Å²) in [5.74, 6) is -2.64. The van der Waals surface area contributed by atoms with Crippen LogP contribution < -0.4 is 5.32 Å². The number of nitrogens with zero attached hydrogens (tertiary/aromatic N) is 2. The van der Waals surface area contributed by atoms with E-state index in [1.165, 1.54) is 23.1 Å². The van der Waals surface area contributed by atoms with Crippen LogP contribution in [0.25, 0.3) is 0 Å². The summed E-state index contributed by atoms with van der Waals surface area (Å²) in [6.07, 6.45) is 1.07. The average molecular weight is 395 g/mol. The summed E-state index contributed by atoms with van der Waals surface area (Å²) in [6, 6.07) is 4.95. The Morgan fingerprint density at radius 2 is 1.93 bits per heavy atom. The highest BCUT2D eigenvalue weighted by Gasteiger charge is 2.35. The number of hydrogen-bond donors (Lipinski definition) is 2. The molecule has 0 spiro atoms. The minimum absolute atomic E-state index is 0.112. The molecular weight excluding hydrogens is 375 g/mol. The van der Waals surface area contributed by atoms with Gasteiger partial charge in [0.25, 0.3) is 0 Å². The molecule has 1 saturated carbocycles. The molecular formula is C19H20F3N3O3. The number of aliphatic carboxylic acids is 1. The van der Waals surface area contributed by atoms with Crippen LogP contribution in [0.2, 0.25) is 0 Å². The van der Waals surface area contributed by atoms with E-state index in [-0.39, 0.29) is 12.5 Å². The van der Waals surface area contributed by atoms with Crippen molar-refractivity contribution in [2.24, 2.45) is 11.8 Å². The van der Waals surface area contributed by atoms with Gasteiger partial charge in [0.1, 0.15) is 0 Å². The van der Waals surface area contributed by atoms with Gasteiger partial charge in [-0.2, -0.15) is 18.3 Å². The molecule has 6 nitrogen and oxygen atoms in total. The molecule has 0 bridgehead atoms. The Kier molecular flexibility index (Phi) is 5.71. The van der Waals surface area contributed by atoms with E-state index in [0.717, 1.165) is 25.0 Å². The summed E-state index contributed by atoms with van der Waals surface area (Å²) >= 11 is 0. The van der Waals surface area contributed by atoms with Crippen LogP contribution >= 0.6 is 0 Å². The Bertz CT molecular complexity index is 863. The lowest BCUT2D eigenvalue weighted by atomic mass is 9.78. The van der Waals surface area contributed by atoms with Crippen molar-refractivity contribution in [3.05, 3.63) is 47.8 Å². The number of rotatable bonds is 5. The SMILES string of the molecule is O=C(O)C1CCCCC1C(=O)Nc1cnn(Cc2cccc(C(F)(F)F)c2)c1. The quantitative estimate of drug-likeness (QED) is 0.807. The number of halogens is 3. The van der Waals surface area contributed by atoms with E-state index in [1.54, 1.807) is 6.07 Å². The van der Waals surface area contributed by atoms with Gasteiger partial charge in [-0.05, 0) is 30.5 Å². The van der Waals surface area contributed by atoms with Crippen molar-refractivity contribution in [1.29, 1.82) is 0 Å². The van der Waals surface area contributed by atoms with Gasteiger partial charge in [0.15, 0.2) is 0 Å². The van der Waals surface area contributed by atoms with Gasteiger partial charge in [0.05, 0.1) is 35.8 Å². The van der Waals surface area contributed by atoms with Crippen LogP contribution in [0.5, 0.6) is 0 Å². The summed E-state index contributed by atoms with van der Waals surface area (Å²) < 4.78 is 39.8. The lowest BCUT2D eigenvalue weighted by molar-refractivity contribution is -0.147. The molecule has 2 unspecified atom stereocenters. The lowest BCUT2D eigenvalue weighted by Gasteiger charge is -2.27. The zero-order valence-electron chi connectivity index (χ0n) is 14.9. The van der Waals surface area contributed by atoms with Crippen LogP contribution in [0.3, 0.4) is 0 Å². The van der Waals surface area contributed by atoms with Crippen LogP contribution in [0.15, 0.2) is 36.7 Å². The molecule has 1 amide bonds. The second-order valence-corrected chi connectivity index (χ2v) is 6.95. The minimum Gasteiger partial charge on any atom is -0.481 e. The Labute approximate surface area is 159 Å². The fourth-order valence-electron chi connectivity index (χ4n) is 3.52. The number of carbonyl (C=O) groups excluding carboxylic acids is 1. The first-order valence-corrected chi connectivity index (χ1v) is 8.96. The van der Waals surface area contributed by atoms with Gasteiger partial charge < -0.3 is 10.4 Å². The third-order valence-electron chi connectivity index (χ3n) is 4.92. The molecule has 150 valence electrons. The lowest BCUT2D eigenvalue weighted by Crippen LogP contribution is -2.35. The monoisotopic (exact) mass is 395 g/mol. The van der Waals surface area contributed by atoms with Gasteiger partial charge in [-0.3, -0.25) is 14.3 Å². The summed E-state index contributed by atoms with van der Waals surface area (Å²) in [7, 11) is 0. The summed E-state index contributed by atoms with van der Waals surface area (Å²) in [5.41, 5.74) is 0.0726. The number of aromatic nitrogens is 2. The zero-order valence-corrected chi connectivity index (χ0v) is 14.9. The van der Waals surface area contributed by atoms with Gasteiger partial charge in [-0.25, -0.2) is 0 Å². The fraction of sp³-hybridized carbons (Fsp3) is 0.421. The Morgan fingerprint density at radius 1 is 1.21 bits per heavy atom. The van der Waals surface area contributed by atoms with E-state index in [1.807, 2.05) is 0 Å². The third-order valence-corrected chi connectivity index (χ3v) is 4.92. The van der Waals surface area contributed by atoms with Crippen LogP contribution in [-0.4, -0.2) is 26.8 Å². The number of benzene rings is 1. The topological polar surface area (TPSA) is 84.2 Å². The van der Waals surface area contributed by atoms with Gasteiger partial charge in [-0.1, -0.05) is 25.0 Å². The molecule has 0 aliphatic heterocycles. The maximum absolute atomic E-state index is 12.8. The van der Waals surface area contributed by atoms with Crippen molar-refractivity contribution >= 4 is 17.6 Å². The number of alkyl halides is 3. The highest BCUT2D eigenvalue weighted by atomic mass is 19.4. The zero-order chi connectivity index (χ0) is 20.3. The van der Waals surface area contributed by atoms with E-state index < -0.39 is 29.5 Å². The number of hydrogen-bond acceptors (Lipinski definition) is 3. The second-order valence-electron chi connectivity index (χ2n) is 6.95. The molecule has 0 radical (unpaired) electrons. The van der Waals surface area contributed by atoms with E-state index in [2.05, 4.69) is 10.4 Å². The van der Waals surface area contributed by atoms with Crippen molar-refractivity contribution < 1.29 is 27.9 Å². The van der Waals surface area contributed by atoms with Gasteiger partial charge in [0.2, 0.25) is 5.91 Å². The number of nitrogens with one attached hydrogen (secondary N) is 1. The predicted octanol–water partition coefficient (Wildman–Crippen LogP) is 3.78. The first kappa shape index (κ1) is 19.9. The Morgan fingerprint density at radius 3 is 2.61 bits per heavy atom. The van der Waals surface area contributed by atoms with E-state index >= 15 is 0 Å². The standard InChI is InChI=1S/C19H20F3N3O3/c20-19(21,22)13-5-3-4-12(8-13)10-25-11-14(9-23-25)24-17(26)15-6-1-2-7-16(15)18(27)28/h3-5,8-9,11,15-16H,1-2,6-7,10H2,(H,24,26)(H,27,28). The molecule has 1 aromatic carbocycles. The summed E-state index contributed by atoms with van der Waals surface area (Å²) in [6.45, 7) is 0.112. The molecule has 2 atom stereocenters. The van der Waals surface area contributed by atoms with Crippen LogP contribution in [0.1, 0.15) is 36.8 Å². The number of carboxylic acids is 1. The van der Waals surface area contributed by atoms with Crippen LogP contribution in [0, 0.1) is 11.8 Å². The van der Waals surface area contributed by atoms with Crippen molar-refractivity contribution in [2.45, 2.75) is 38.4 Å². The minimum atomic E-state index is -4.42. The molecule has 1 fully saturated rings. The molecule has 1 heterocycles. The second kappa shape index (κ2) is 8.04.